The standard InChI is InChI=1S/C30H25F3N2O3/c31-30(32,33)38-27-13-7-6-12-24(27)28(36)34-26-16-17-35(19-25(26)21-9-2-1-3-10-21)29(37)23-15-14-20-8-4-5-11-22(20)18-23/h1-15,18,25-26H,16-17,19H2,(H,34,36)/t25-,26-/m1/s1. The van der Waals surface area contributed by atoms with E-state index < -0.39 is 24.1 Å². The van der Waals surface area contributed by atoms with Crippen LogP contribution in [0.25, 0.3) is 10.8 Å². The topological polar surface area (TPSA) is 58.6 Å². The summed E-state index contributed by atoms with van der Waals surface area (Å²) in [7, 11) is 0. The molecule has 1 aliphatic heterocycles. The van der Waals surface area contributed by atoms with Crippen LogP contribution in [0.2, 0.25) is 0 Å². The SMILES string of the molecule is O=C(N[C@@H]1CCN(C(=O)c2ccc3ccccc3c2)C[C@@H]1c1ccccc1)c1ccccc1OC(F)(F)F. The van der Waals surface area contributed by atoms with E-state index in [1.807, 2.05) is 72.8 Å². The van der Waals surface area contributed by atoms with E-state index in [-0.39, 0.29) is 17.4 Å². The lowest BCUT2D eigenvalue weighted by molar-refractivity contribution is -0.274. The molecule has 0 aliphatic carbocycles. The number of carbonyl (C=O) groups is 2. The van der Waals surface area contributed by atoms with Crippen LogP contribution >= 0.6 is 0 Å². The van der Waals surface area contributed by atoms with E-state index in [0.29, 0.717) is 25.1 Å². The molecule has 5 rings (SSSR count). The van der Waals surface area contributed by atoms with Crippen LogP contribution in [-0.2, 0) is 0 Å². The number of fused-ring (bicyclic) bond motifs is 1. The number of likely N-dealkylation sites (tertiary alicyclic amines) is 1. The minimum Gasteiger partial charge on any atom is -0.405 e. The zero-order valence-corrected chi connectivity index (χ0v) is 20.3. The van der Waals surface area contributed by atoms with E-state index in [1.165, 1.54) is 18.2 Å². The predicted octanol–water partition coefficient (Wildman–Crippen LogP) is 6.17. The van der Waals surface area contributed by atoms with Gasteiger partial charge >= 0.3 is 6.36 Å². The molecule has 194 valence electrons. The maximum Gasteiger partial charge on any atom is 0.573 e. The fourth-order valence-corrected chi connectivity index (χ4v) is 4.97. The Morgan fingerprint density at radius 1 is 0.842 bits per heavy atom. The lowest BCUT2D eigenvalue weighted by Gasteiger charge is -2.39. The van der Waals surface area contributed by atoms with Crippen LogP contribution in [0.5, 0.6) is 5.75 Å². The first-order valence-corrected chi connectivity index (χ1v) is 12.3. The Kier molecular flexibility index (Phi) is 7.05. The first-order chi connectivity index (χ1) is 18.3. The average molecular weight is 519 g/mol. The van der Waals surface area contributed by atoms with Gasteiger partial charge in [-0.15, -0.1) is 13.2 Å². The smallest absolute Gasteiger partial charge is 0.405 e. The molecule has 8 heteroatoms. The highest BCUT2D eigenvalue weighted by Gasteiger charge is 2.36. The Hall–Kier alpha value is -4.33. The van der Waals surface area contributed by atoms with E-state index in [0.717, 1.165) is 22.4 Å². The number of hydrogen-bond acceptors (Lipinski definition) is 3. The number of ether oxygens (including phenoxy) is 1. The van der Waals surface area contributed by atoms with Gasteiger partial charge in [0, 0.05) is 30.6 Å². The van der Waals surface area contributed by atoms with Crippen LogP contribution in [0.4, 0.5) is 13.2 Å². The molecule has 0 unspecified atom stereocenters. The fourth-order valence-electron chi connectivity index (χ4n) is 4.97. The second-order valence-corrected chi connectivity index (χ2v) is 9.24. The van der Waals surface area contributed by atoms with Gasteiger partial charge < -0.3 is 15.0 Å². The third kappa shape index (κ3) is 5.64. The molecule has 1 aliphatic rings. The lowest BCUT2D eigenvalue weighted by Crippen LogP contribution is -2.51. The number of nitrogens with one attached hydrogen (secondary N) is 1. The van der Waals surface area contributed by atoms with Gasteiger partial charge in [-0.3, -0.25) is 9.59 Å². The summed E-state index contributed by atoms with van der Waals surface area (Å²) >= 11 is 0. The summed E-state index contributed by atoms with van der Waals surface area (Å²) < 4.78 is 42.7. The number of para-hydroxylation sites is 1. The largest absolute Gasteiger partial charge is 0.573 e. The number of alkyl halides is 3. The van der Waals surface area contributed by atoms with Gasteiger partial charge in [0.25, 0.3) is 11.8 Å². The van der Waals surface area contributed by atoms with Crippen LogP contribution in [0.1, 0.15) is 38.6 Å². The molecule has 5 nitrogen and oxygen atoms in total. The molecule has 0 saturated carbocycles. The predicted molar refractivity (Wildman–Crippen MR) is 138 cm³/mol. The summed E-state index contributed by atoms with van der Waals surface area (Å²) in [5.74, 6) is -1.58. The van der Waals surface area contributed by atoms with E-state index in [1.54, 1.807) is 4.90 Å². The number of carbonyl (C=O) groups excluding carboxylic acids is 2. The molecule has 0 radical (unpaired) electrons. The van der Waals surface area contributed by atoms with Crippen molar-refractivity contribution in [3.63, 3.8) is 0 Å². The molecule has 1 fully saturated rings. The van der Waals surface area contributed by atoms with Crippen molar-refractivity contribution in [2.75, 3.05) is 13.1 Å². The second kappa shape index (κ2) is 10.6. The van der Waals surface area contributed by atoms with Crippen LogP contribution in [-0.4, -0.2) is 42.2 Å². The lowest BCUT2D eigenvalue weighted by atomic mass is 9.85. The molecule has 1 N–H and O–H groups in total. The van der Waals surface area contributed by atoms with Gasteiger partial charge in [-0.05, 0) is 47.0 Å². The Balaban J connectivity index is 1.38. The number of rotatable bonds is 5. The highest BCUT2D eigenvalue weighted by atomic mass is 19.4. The summed E-state index contributed by atoms with van der Waals surface area (Å²) in [6.07, 6.45) is -4.48. The first kappa shape index (κ1) is 25.3. The molecule has 2 amide bonds. The van der Waals surface area contributed by atoms with E-state index in [9.17, 15) is 22.8 Å². The minimum absolute atomic E-state index is 0.106. The molecule has 1 saturated heterocycles. The van der Waals surface area contributed by atoms with Gasteiger partial charge in [0.1, 0.15) is 5.75 Å². The van der Waals surface area contributed by atoms with Crippen molar-refractivity contribution in [2.45, 2.75) is 24.7 Å². The molecular formula is C30H25F3N2O3. The molecule has 0 aromatic heterocycles. The number of amides is 2. The molecule has 4 aromatic carbocycles. The van der Waals surface area contributed by atoms with Crippen LogP contribution in [0.15, 0.2) is 97.1 Å². The minimum atomic E-state index is -4.92. The third-order valence-electron chi connectivity index (χ3n) is 6.80. The maximum absolute atomic E-state index is 13.5. The Labute approximate surface area is 217 Å². The highest BCUT2D eigenvalue weighted by Crippen LogP contribution is 2.31. The molecule has 38 heavy (non-hydrogen) atoms. The van der Waals surface area contributed by atoms with Gasteiger partial charge in [-0.2, -0.15) is 0 Å². The highest BCUT2D eigenvalue weighted by molar-refractivity contribution is 5.99. The number of benzene rings is 4. The Morgan fingerprint density at radius 3 is 2.29 bits per heavy atom. The molecule has 0 bridgehead atoms. The van der Waals surface area contributed by atoms with E-state index in [4.69, 9.17) is 0 Å². The van der Waals surface area contributed by atoms with Crippen molar-refractivity contribution in [2.24, 2.45) is 0 Å². The molecule has 2 atom stereocenters. The number of piperidine rings is 1. The van der Waals surface area contributed by atoms with E-state index in [2.05, 4.69) is 10.1 Å². The summed E-state index contributed by atoms with van der Waals surface area (Å²) in [6.45, 7) is 0.738. The van der Waals surface area contributed by atoms with Gasteiger partial charge in [0.15, 0.2) is 0 Å². The van der Waals surface area contributed by atoms with Gasteiger partial charge in [-0.25, -0.2) is 0 Å². The van der Waals surface area contributed by atoms with E-state index >= 15 is 0 Å². The summed E-state index contributed by atoms with van der Waals surface area (Å²) in [5, 5.41) is 4.93. The van der Waals surface area contributed by atoms with Crippen molar-refractivity contribution >= 4 is 22.6 Å². The van der Waals surface area contributed by atoms with Crippen molar-refractivity contribution in [1.29, 1.82) is 0 Å². The fraction of sp³-hybridized carbons (Fsp3) is 0.200. The van der Waals surface area contributed by atoms with Crippen molar-refractivity contribution in [3.05, 3.63) is 114 Å². The Morgan fingerprint density at radius 2 is 1.53 bits per heavy atom. The van der Waals surface area contributed by atoms with Gasteiger partial charge in [0.05, 0.1) is 5.56 Å². The third-order valence-corrected chi connectivity index (χ3v) is 6.80. The second-order valence-electron chi connectivity index (χ2n) is 9.24. The quantitative estimate of drug-likeness (QED) is 0.344. The number of hydrogen-bond donors (Lipinski definition) is 1. The zero-order chi connectivity index (χ0) is 26.7. The zero-order valence-electron chi connectivity index (χ0n) is 20.3. The average Bonchev–Trinajstić information content (AvgIpc) is 2.92. The Bertz CT molecular complexity index is 1460. The van der Waals surface area contributed by atoms with Gasteiger partial charge in [-0.1, -0.05) is 72.8 Å². The normalized spacial score (nSPS) is 17.7. The van der Waals surface area contributed by atoms with Crippen molar-refractivity contribution in [3.8, 4) is 5.75 Å². The van der Waals surface area contributed by atoms with Gasteiger partial charge in [0.2, 0.25) is 0 Å². The van der Waals surface area contributed by atoms with Crippen LogP contribution in [0, 0.1) is 0 Å². The molecule has 0 spiro atoms. The maximum atomic E-state index is 13.5. The molecule has 1 heterocycles. The number of nitrogens with zero attached hydrogens (tertiary/aromatic N) is 1. The summed E-state index contributed by atoms with van der Waals surface area (Å²) in [6, 6.07) is 27.8. The van der Waals surface area contributed by atoms with Crippen LogP contribution < -0.4 is 10.1 Å². The summed E-state index contributed by atoms with van der Waals surface area (Å²) in [4.78, 5) is 28.4. The van der Waals surface area contributed by atoms with Crippen molar-refractivity contribution in [1.82, 2.24) is 10.2 Å². The first-order valence-electron chi connectivity index (χ1n) is 12.3. The monoisotopic (exact) mass is 518 g/mol. The van der Waals surface area contributed by atoms with Crippen molar-refractivity contribution < 1.29 is 27.5 Å². The molecule has 4 aromatic rings. The van der Waals surface area contributed by atoms with Crippen LogP contribution in [0.3, 0.4) is 0 Å². The number of halogens is 3. The molecular weight excluding hydrogens is 493 g/mol. The summed E-state index contributed by atoms with van der Waals surface area (Å²) in [5.41, 5.74) is 1.30.